The average Bonchev–Trinajstić information content (AvgIpc) is 3.64. The third kappa shape index (κ3) is 6.32. The lowest BCUT2D eigenvalue weighted by molar-refractivity contribution is -0.115. The summed E-state index contributed by atoms with van der Waals surface area (Å²) in [5, 5.41) is 16.1. The Hall–Kier alpha value is -4.60. The first-order valence-electron chi connectivity index (χ1n) is 14.7. The molecule has 4 aromatic rings. The van der Waals surface area contributed by atoms with Crippen molar-refractivity contribution in [3.63, 3.8) is 0 Å². The van der Waals surface area contributed by atoms with Crippen molar-refractivity contribution in [1.29, 1.82) is 0 Å². The number of carbonyl (C=O) groups is 2. The maximum absolute atomic E-state index is 14.8. The highest BCUT2D eigenvalue weighted by Crippen LogP contribution is 2.49. The van der Waals surface area contributed by atoms with E-state index in [1.165, 1.54) is 12.1 Å². The number of amides is 1. The number of aromatic carboxylic acids is 1. The van der Waals surface area contributed by atoms with Crippen molar-refractivity contribution in [3.05, 3.63) is 106 Å². The minimum Gasteiger partial charge on any atom is -0.478 e. The summed E-state index contributed by atoms with van der Waals surface area (Å²) in [7, 11) is 0. The third-order valence-electron chi connectivity index (χ3n) is 8.13. The Bertz CT molecular complexity index is 1770. The van der Waals surface area contributed by atoms with E-state index in [2.05, 4.69) is 10.6 Å². The number of carboxylic acids is 1. The normalized spacial score (nSPS) is 18.5. The predicted molar refractivity (Wildman–Crippen MR) is 170 cm³/mol. The molecule has 2 aliphatic rings. The molecule has 1 amide bonds. The lowest BCUT2D eigenvalue weighted by atomic mass is 10.0. The van der Waals surface area contributed by atoms with Gasteiger partial charge in [0.1, 0.15) is 5.82 Å². The van der Waals surface area contributed by atoms with E-state index in [4.69, 9.17) is 25.8 Å². The van der Waals surface area contributed by atoms with Crippen LogP contribution in [0.2, 0.25) is 5.02 Å². The first-order chi connectivity index (χ1) is 21.6. The molecule has 0 aromatic heterocycles. The van der Waals surface area contributed by atoms with Crippen LogP contribution in [0.4, 0.5) is 15.8 Å². The number of nitrogens with one attached hydrogen (secondary N) is 2. The molecule has 0 spiro atoms. The number of benzene rings is 4. The number of carbonyl (C=O) groups excluding carboxylic acids is 1. The Morgan fingerprint density at radius 1 is 1.07 bits per heavy atom. The van der Waals surface area contributed by atoms with Gasteiger partial charge in [0.15, 0.2) is 11.5 Å². The van der Waals surface area contributed by atoms with Crippen LogP contribution in [0.1, 0.15) is 46.8 Å². The zero-order chi connectivity index (χ0) is 31.7. The minimum atomic E-state index is -1.37. The molecule has 10 heteroatoms. The van der Waals surface area contributed by atoms with Gasteiger partial charge in [0.25, 0.3) is 5.79 Å². The predicted octanol–water partition coefficient (Wildman–Crippen LogP) is 7.57. The SMILES string of the molecule is Cc1c(C(=O)O)ccc(NC(=O)Cc2ccc(-c3cccc4c3OC(C)(c3ccc(Cl)cc3F)O4)cc2)c1NC[C@@H]1CCCO1. The Morgan fingerprint density at radius 2 is 1.87 bits per heavy atom. The van der Waals surface area contributed by atoms with Crippen LogP contribution in [0.3, 0.4) is 0 Å². The van der Waals surface area contributed by atoms with Gasteiger partial charge in [0, 0.05) is 30.7 Å². The second kappa shape index (κ2) is 12.4. The number of halogens is 2. The maximum Gasteiger partial charge on any atom is 0.336 e. The lowest BCUT2D eigenvalue weighted by Crippen LogP contribution is -2.32. The second-order valence-electron chi connectivity index (χ2n) is 11.3. The van der Waals surface area contributed by atoms with Gasteiger partial charge in [-0.2, -0.15) is 0 Å². The van der Waals surface area contributed by atoms with Crippen LogP contribution in [0.5, 0.6) is 11.5 Å². The van der Waals surface area contributed by atoms with Crippen molar-refractivity contribution in [2.45, 2.75) is 45.0 Å². The third-order valence-corrected chi connectivity index (χ3v) is 8.37. The molecule has 6 rings (SSSR count). The molecule has 0 aliphatic carbocycles. The standard InChI is InChI=1S/C35H32ClFN2O6/c1-20-25(34(41)42)13-15-29(32(20)38-19-24-5-4-16-43-24)39-31(40)17-21-8-10-22(11-9-21)26-6-3-7-30-33(26)45-35(2,44-30)27-14-12-23(36)18-28(27)37/h3,6-15,18,24,38H,4-5,16-17,19H2,1-2H3,(H,39,40)(H,41,42)/t24-,35?/m0/s1. The van der Waals surface area contributed by atoms with E-state index in [1.807, 2.05) is 36.4 Å². The summed E-state index contributed by atoms with van der Waals surface area (Å²) in [6, 6.07) is 20.5. The van der Waals surface area contributed by atoms with Crippen LogP contribution < -0.4 is 20.1 Å². The molecule has 2 atom stereocenters. The summed E-state index contributed by atoms with van der Waals surface area (Å²) >= 11 is 5.94. The molecule has 0 bridgehead atoms. The van der Waals surface area contributed by atoms with Crippen molar-refractivity contribution < 1.29 is 33.3 Å². The zero-order valence-electron chi connectivity index (χ0n) is 24.8. The lowest BCUT2D eigenvalue weighted by Gasteiger charge is -2.24. The molecule has 0 saturated carbocycles. The van der Waals surface area contributed by atoms with Gasteiger partial charge in [-0.25, -0.2) is 9.18 Å². The zero-order valence-corrected chi connectivity index (χ0v) is 25.5. The summed E-state index contributed by atoms with van der Waals surface area (Å²) in [5.74, 6) is -2.20. The molecule has 3 N–H and O–H groups in total. The van der Waals surface area contributed by atoms with E-state index in [-0.39, 0.29) is 34.6 Å². The van der Waals surface area contributed by atoms with Gasteiger partial charge in [-0.3, -0.25) is 4.79 Å². The van der Waals surface area contributed by atoms with E-state index >= 15 is 0 Å². The fraction of sp³-hybridized carbons (Fsp3) is 0.257. The number of para-hydroxylation sites is 1. The topological polar surface area (TPSA) is 106 Å². The number of hydrogen-bond acceptors (Lipinski definition) is 6. The van der Waals surface area contributed by atoms with E-state index in [0.29, 0.717) is 41.6 Å². The minimum absolute atomic E-state index is 0.0371. The number of anilines is 2. The smallest absolute Gasteiger partial charge is 0.336 e. The van der Waals surface area contributed by atoms with Gasteiger partial charge < -0.3 is 30.0 Å². The fourth-order valence-electron chi connectivity index (χ4n) is 5.80. The molecule has 2 heterocycles. The van der Waals surface area contributed by atoms with Gasteiger partial charge in [-0.05, 0) is 72.9 Å². The van der Waals surface area contributed by atoms with Gasteiger partial charge in [0.2, 0.25) is 5.91 Å². The van der Waals surface area contributed by atoms with Gasteiger partial charge in [-0.15, -0.1) is 0 Å². The van der Waals surface area contributed by atoms with Crippen LogP contribution in [-0.4, -0.2) is 36.2 Å². The van der Waals surface area contributed by atoms with Gasteiger partial charge in [-0.1, -0.05) is 48.0 Å². The van der Waals surface area contributed by atoms with Crippen LogP contribution in [-0.2, 0) is 21.7 Å². The Labute approximate surface area is 265 Å². The van der Waals surface area contributed by atoms with Crippen molar-refractivity contribution in [2.75, 3.05) is 23.8 Å². The highest BCUT2D eigenvalue weighted by Gasteiger charge is 2.42. The summed E-state index contributed by atoms with van der Waals surface area (Å²) in [5.41, 5.74) is 4.39. The molecule has 8 nitrogen and oxygen atoms in total. The van der Waals surface area contributed by atoms with Crippen LogP contribution in [0.25, 0.3) is 11.1 Å². The van der Waals surface area contributed by atoms with Crippen LogP contribution in [0, 0.1) is 12.7 Å². The van der Waals surface area contributed by atoms with E-state index in [1.54, 1.807) is 38.1 Å². The number of carboxylic acid groups (broad SMARTS) is 1. The molecule has 1 saturated heterocycles. The molecule has 2 aliphatic heterocycles. The Balaban J connectivity index is 1.17. The van der Waals surface area contributed by atoms with E-state index < -0.39 is 17.6 Å². The number of ether oxygens (including phenoxy) is 3. The molecule has 1 fully saturated rings. The van der Waals surface area contributed by atoms with Crippen molar-refractivity contribution in [1.82, 2.24) is 0 Å². The van der Waals surface area contributed by atoms with Gasteiger partial charge >= 0.3 is 5.97 Å². The fourth-order valence-corrected chi connectivity index (χ4v) is 5.96. The Kier molecular flexibility index (Phi) is 8.40. The van der Waals surface area contributed by atoms with Crippen LogP contribution in [0.15, 0.2) is 72.8 Å². The molecule has 232 valence electrons. The van der Waals surface area contributed by atoms with Gasteiger partial charge in [0.05, 0.1) is 35.0 Å². The number of rotatable bonds is 9. The quantitative estimate of drug-likeness (QED) is 0.175. The molecule has 0 radical (unpaired) electrons. The van der Waals surface area contributed by atoms with Crippen molar-refractivity contribution in [3.8, 4) is 22.6 Å². The summed E-state index contributed by atoms with van der Waals surface area (Å²) in [6.07, 6.45) is 2.05. The number of fused-ring (bicyclic) bond motifs is 1. The number of hydrogen-bond donors (Lipinski definition) is 3. The molecular formula is C35H32ClFN2O6. The Morgan fingerprint density at radius 3 is 2.58 bits per heavy atom. The first kappa shape index (κ1) is 30.4. The highest BCUT2D eigenvalue weighted by atomic mass is 35.5. The van der Waals surface area contributed by atoms with Crippen molar-refractivity contribution in [2.24, 2.45) is 0 Å². The molecular weight excluding hydrogens is 599 g/mol. The van der Waals surface area contributed by atoms with Crippen LogP contribution >= 0.6 is 11.6 Å². The van der Waals surface area contributed by atoms with E-state index in [0.717, 1.165) is 29.5 Å². The summed E-state index contributed by atoms with van der Waals surface area (Å²) in [4.78, 5) is 24.9. The highest BCUT2D eigenvalue weighted by molar-refractivity contribution is 6.30. The second-order valence-corrected chi connectivity index (χ2v) is 11.7. The molecule has 4 aromatic carbocycles. The monoisotopic (exact) mass is 630 g/mol. The molecule has 1 unspecified atom stereocenters. The first-order valence-corrected chi connectivity index (χ1v) is 15.1. The van der Waals surface area contributed by atoms with Crippen molar-refractivity contribution >= 4 is 34.9 Å². The largest absolute Gasteiger partial charge is 0.478 e. The average molecular weight is 631 g/mol. The summed E-state index contributed by atoms with van der Waals surface area (Å²) in [6.45, 7) is 4.60. The molecule has 45 heavy (non-hydrogen) atoms. The van der Waals surface area contributed by atoms with E-state index in [9.17, 15) is 19.1 Å². The maximum atomic E-state index is 14.8. The summed E-state index contributed by atoms with van der Waals surface area (Å²) < 4.78 is 32.8.